The predicted molar refractivity (Wildman–Crippen MR) is 163 cm³/mol. The third-order valence-corrected chi connectivity index (χ3v) is 8.41. The van der Waals surface area contributed by atoms with Crippen LogP contribution in [0, 0.1) is 6.92 Å². The molecule has 3 rings (SSSR count). The molecule has 1 N–H and O–H groups in total. The Bertz CT molecular complexity index is 1470. The summed E-state index contributed by atoms with van der Waals surface area (Å²) in [5.41, 5.74) is 1.47. The number of amides is 2. The number of hydrogen-bond donors (Lipinski definition) is 1. The maximum Gasteiger partial charge on any atom is 0.264 e. The van der Waals surface area contributed by atoms with Crippen molar-refractivity contribution in [2.45, 2.75) is 64.6 Å². The van der Waals surface area contributed by atoms with Gasteiger partial charge in [-0.2, -0.15) is 0 Å². The van der Waals surface area contributed by atoms with Crippen LogP contribution in [-0.4, -0.2) is 49.9 Å². The van der Waals surface area contributed by atoms with Crippen LogP contribution in [-0.2, 0) is 26.2 Å². The molecule has 0 aliphatic rings. The highest BCUT2D eigenvalue weighted by Crippen LogP contribution is 2.33. The van der Waals surface area contributed by atoms with Crippen LogP contribution < -0.4 is 14.4 Å². The minimum Gasteiger partial charge on any atom is -0.492 e. The average molecular weight is 600 g/mol. The van der Waals surface area contributed by atoms with Gasteiger partial charge in [-0.25, -0.2) is 8.42 Å². The number of sulfonamides is 1. The molecule has 220 valence electrons. The number of hydrogen-bond acceptors (Lipinski definition) is 5. The van der Waals surface area contributed by atoms with Crippen LogP contribution in [0.3, 0.4) is 0 Å². The number of ether oxygens (including phenoxy) is 1. The molecule has 3 aromatic carbocycles. The topological polar surface area (TPSA) is 96.0 Å². The lowest BCUT2D eigenvalue weighted by molar-refractivity contribution is -0.140. The van der Waals surface area contributed by atoms with Crippen molar-refractivity contribution in [3.8, 4) is 5.75 Å². The van der Waals surface area contributed by atoms with E-state index in [0.29, 0.717) is 17.4 Å². The molecule has 0 saturated carbocycles. The standard InChI is InChI=1S/C31H38ClN3O5S/c1-7-40-28-15-11-10-14-27(28)35(41(38,39)26-18-16-25(32)17-19-26)21-29(36)34(20-24-13-9-8-12-22(24)2)23(3)30(37)33-31(4,5)6/h8-19,23H,7,20-21H2,1-6H3,(H,33,37)/t23-/m0/s1. The number of benzene rings is 3. The van der Waals surface area contributed by atoms with Gasteiger partial charge in [-0.05, 0) is 89.1 Å². The fourth-order valence-corrected chi connectivity index (χ4v) is 5.77. The zero-order chi connectivity index (χ0) is 30.4. The van der Waals surface area contributed by atoms with Crippen LogP contribution >= 0.6 is 11.6 Å². The van der Waals surface area contributed by atoms with Crippen molar-refractivity contribution in [1.82, 2.24) is 10.2 Å². The fourth-order valence-electron chi connectivity index (χ4n) is 4.22. The molecule has 1 atom stereocenters. The Labute approximate surface area is 248 Å². The molecule has 0 saturated heterocycles. The Morgan fingerprint density at radius 1 is 0.976 bits per heavy atom. The van der Waals surface area contributed by atoms with Gasteiger partial charge in [0.15, 0.2) is 0 Å². The summed E-state index contributed by atoms with van der Waals surface area (Å²) in [6.45, 7) is 10.8. The second-order valence-electron chi connectivity index (χ2n) is 10.7. The minimum absolute atomic E-state index is 0.0371. The first-order valence-corrected chi connectivity index (χ1v) is 15.2. The third-order valence-electron chi connectivity index (χ3n) is 6.38. The van der Waals surface area contributed by atoms with E-state index in [2.05, 4.69) is 5.32 Å². The van der Waals surface area contributed by atoms with Gasteiger partial charge in [-0.3, -0.25) is 13.9 Å². The molecule has 41 heavy (non-hydrogen) atoms. The van der Waals surface area contributed by atoms with Crippen LogP contribution in [0.15, 0.2) is 77.7 Å². The number of nitrogens with zero attached hydrogens (tertiary/aromatic N) is 2. The van der Waals surface area contributed by atoms with Crippen molar-refractivity contribution >= 4 is 39.1 Å². The first-order chi connectivity index (χ1) is 19.2. The minimum atomic E-state index is -4.25. The lowest BCUT2D eigenvalue weighted by Gasteiger charge is -2.34. The fraction of sp³-hybridized carbons (Fsp3) is 0.355. The first kappa shape index (κ1) is 32.0. The number of rotatable bonds is 11. The van der Waals surface area contributed by atoms with E-state index in [-0.39, 0.29) is 23.0 Å². The quantitative estimate of drug-likeness (QED) is 0.311. The van der Waals surface area contributed by atoms with Gasteiger partial charge in [0.05, 0.1) is 17.2 Å². The van der Waals surface area contributed by atoms with Crippen LogP contribution in [0.5, 0.6) is 5.75 Å². The van der Waals surface area contributed by atoms with E-state index in [1.54, 1.807) is 38.1 Å². The Balaban J connectivity index is 2.10. The SMILES string of the molecule is CCOc1ccccc1N(CC(=O)N(Cc1ccccc1C)[C@@H](C)C(=O)NC(C)(C)C)S(=O)(=O)c1ccc(Cl)cc1. The van der Waals surface area contributed by atoms with Crippen molar-refractivity contribution in [3.63, 3.8) is 0 Å². The molecule has 3 aromatic rings. The molecule has 0 fully saturated rings. The molecule has 0 heterocycles. The zero-order valence-corrected chi connectivity index (χ0v) is 25.9. The van der Waals surface area contributed by atoms with Crippen molar-refractivity contribution in [2.75, 3.05) is 17.5 Å². The number of halogens is 1. The van der Waals surface area contributed by atoms with Crippen molar-refractivity contribution in [1.29, 1.82) is 0 Å². The number of para-hydroxylation sites is 2. The highest BCUT2D eigenvalue weighted by Gasteiger charge is 2.34. The molecule has 0 spiro atoms. The number of nitrogens with one attached hydrogen (secondary N) is 1. The molecule has 0 aliphatic carbocycles. The number of carbonyl (C=O) groups excluding carboxylic acids is 2. The molecule has 8 nitrogen and oxygen atoms in total. The summed E-state index contributed by atoms with van der Waals surface area (Å²) in [4.78, 5) is 28.8. The van der Waals surface area contributed by atoms with E-state index in [9.17, 15) is 18.0 Å². The summed E-state index contributed by atoms with van der Waals surface area (Å²) in [5, 5.41) is 3.31. The second-order valence-corrected chi connectivity index (χ2v) is 13.0. The van der Waals surface area contributed by atoms with Gasteiger partial charge in [-0.15, -0.1) is 0 Å². The molecule has 0 aliphatic heterocycles. The van der Waals surface area contributed by atoms with Crippen LogP contribution in [0.1, 0.15) is 45.7 Å². The average Bonchev–Trinajstić information content (AvgIpc) is 2.90. The van der Waals surface area contributed by atoms with Gasteiger partial charge in [0, 0.05) is 17.1 Å². The number of aryl methyl sites for hydroxylation is 1. The molecule has 0 radical (unpaired) electrons. The summed E-state index contributed by atoms with van der Waals surface area (Å²) in [6.07, 6.45) is 0. The second kappa shape index (κ2) is 13.4. The highest BCUT2D eigenvalue weighted by atomic mass is 35.5. The van der Waals surface area contributed by atoms with Crippen LogP contribution in [0.25, 0.3) is 0 Å². The number of anilines is 1. The van der Waals surface area contributed by atoms with E-state index in [4.69, 9.17) is 16.3 Å². The van der Waals surface area contributed by atoms with Crippen LogP contribution in [0.4, 0.5) is 5.69 Å². The maximum atomic E-state index is 14.1. The molecule has 0 aromatic heterocycles. The lowest BCUT2D eigenvalue weighted by Crippen LogP contribution is -2.54. The molecule has 0 bridgehead atoms. The van der Waals surface area contributed by atoms with E-state index < -0.39 is 34.1 Å². The van der Waals surface area contributed by atoms with E-state index in [0.717, 1.165) is 15.4 Å². The van der Waals surface area contributed by atoms with Crippen molar-refractivity contribution < 1.29 is 22.7 Å². The van der Waals surface area contributed by atoms with Gasteiger partial charge >= 0.3 is 0 Å². The molecular weight excluding hydrogens is 562 g/mol. The van der Waals surface area contributed by atoms with E-state index in [1.807, 2.05) is 52.0 Å². The summed E-state index contributed by atoms with van der Waals surface area (Å²) < 4.78 is 34.9. The van der Waals surface area contributed by atoms with Gasteiger partial charge in [0.1, 0.15) is 18.3 Å². The normalized spacial score (nSPS) is 12.4. The lowest BCUT2D eigenvalue weighted by atomic mass is 10.1. The summed E-state index contributed by atoms with van der Waals surface area (Å²) in [5.74, 6) is -0.584. The molecule has 0 unspecified atom stereocenters. The Kier molecular flexibility index (Phi) is 10.4. The Hall–Kier alpha value is -3.56. The zero-order valence-electron chi connectivity index (χ0n) is 24.3. The summed E-state index contributed by atoms with van der Waals surface area (Å²) >= 11 is 6.02. The summed E-state index contributed by atoms with van der Waals surface area (Å²) in [7, 11) is -4.25. The Morgan fingerprint density at radius 2 is 1.59 bits per heavy atom. The van der Waals surface area contributed by atoms with Crippen molar-refractivity contribution in [3.05, 3.63) is 88.9 Å². The summed E-state index contributed by atoms with van der Waals surface area (Å²) in [6, 6.07) is 19.1. The largest absolute Gasteiger partial charge is 0.492 e. The van der Waals surface area contributed by atoms with Crippen molar-refractivity contribution in [2.24, 2.45) is 0 Å². The van der Waals surface area contributed by atoms with Gasteiger partial charge in [0.25, 0.3) is 10.0 Å². The monoisotopic (exact) mass is 599 g/mol. The maximum absolute atomic E-state index is 14.1. The smallest absolute Gasteiger partial charge is 0.264 e. The van der Waals surface area contributed by atoms with Gasteiger partial charge in [0.2, 0.25) is 11.8 Å². The molecule has 2 amide bonds. The first-order valence-electron chi connectivity index (χ1n) is 13.4. The Morgan fingerprint density at radius 3 is 2.20 bits per heavy atom. The number of carbonyl (C=O) groups is 2. The molecule has 10 heteroatoms. The van der Waals surface area contributed by atoms with Crippen LogP contribution in [0.2, 0.25) is 5.02 Å². The molecular formula is C31H38ClN3O5S. The van der Waals surface area contributed by atoms with Gasteiger partial charge < -0.3 is 15.0 Å². The van der Waals surface area contributed by atoms with E-state index >= 15 is 0 Å². The van der Waals surface area contributed by atoms with Gasteiger partial charge in [-0.1, -0.05) is 48.0 Å². The highest BCUT2D eigenvalue weighted by molar-refractivity contribution is 7.92. The van der Waals surface area contributed by atoms with E-state index in [1.165, 1.54) is 29.2 Å². The third kappa shape index (κ3) is 8.24. The predicted octanol–water partition coefficient (Wildman–Crippen LogP) is 5.57.